The first-order valence-electron chi connectivity index (χ1n) is 7.19. The normalized spacial score (nSPS) is 18.6. The van der Waals surface area contributed by atoms with Gasteiger partial charge in [0.25, 0.3) is 0 Å². The first-order valence-corrected chi connectivity index (χ1v) is 7.19. The fourth-order valence-electron chi connectivity index (χ4n) is 2.50. The molecule has 2 nitrogen and oxygen atoms in total. The summed E-state index contributed by atoms with van der Waals surface area (Å²) < 4.78 is 11.7. The van der Waals surface area contributed by atoms with Crippen LogP contribution >= 0.6 is 0 Å². The molecule has 0 heterocycles. The molecule has 0 aliphatic heterocycles. The zero-order valence-electron chi connectivity index (χ0n) is 11.5. The number of aryl methyl sites for hydroxylation is 1. The van der Waals surface area contributed by atoms with Crippen LogP contribution in [-0.4, -0.2) is 12.4 Å². The van der Waals surface area contributed by atoms with E-state index in [1.54, 1.807) is 0 Å². The van der Waals surface area contributed by atoms with Gasteiger partial charge < -0.3 is 9.47 Å². The van der Waals surface area contributed by atoms with Gasteiger partial charge in [-0.3, -0.25) is 0 Å². The first kappa shape index (κ1) is 13.4. The van der Waals surface area contributed by atoms with Gasteiger partial charge in [-0.2, -0.15) is 0 Å². The van der Waals surface area contributed by atoms with Crippen LogP contribution in [0, 0.1) is 0 Å². The Morgan fingerprint density at radius 2 is 1.78 bits per heavy atom. The maximum atomic E-state index is 5.93. The molecule has 100 valence electrons. The molecule has 1 saturated carbocycles. The van der Waals surface area contributed by atoms with Crippen LogP contribution < -0.4 is 4.74 Å². The number of rotatable bonds is 5. The van der Waals surface area contributed by atoms with Crippen molar-refractivity contribution in [3.8, 4) is 5.75 Å². The topological polar surface area (TPSA) is 18.5 Å². The SMILES string of the molecule is CCc1ccc(OC(C)OC2CCCCC2)cc1. The summed E-state index contributed by atoms with van der Waals surface area (Å²) in [5.74, 6) is 0.899. The Morgan fingerprint density at radius 3 is 2.39 bits per heavy atom. The smallest absolute Gasteiger partial charge is 0.197 e. The Kier molecular flexibility index (Phi) is 5.06. The molecule has 1 atom stereocenters. The number of hydrogen-bond acceptors (Lipinski definition) is 2. The summed E-state index contributed by atoms with van der Waals surface area (Å²) in [6.07, 6.45) is 7.61. The second-order valence-electron chi connectivity index (χ2n) is 5.08. The third kappa shape index (κ3) is 4.02. The molecule has 1 aliphatic rings. The summed E-state index contributed by atoms with van der Waals surface area (Å²) in [6, 6.07) is 8.28. The largest absolute Gasteiger partial charge is 0.465 e. The van der Waals surface area contributed by atoms with Gasteiger partial charge in [-0.1, -0.05) is 38.3 Å². The Bertz CT molecular complexity index is 339. The standard InChI is InChI=1S/C16H24O2/c1-3-14-9-11-16(12-10-14)18-13(2)17-15-7-5-4-6-8-15/h9-13,15H,3-8H2,1-2H3. The molecule has 18 heavy (non-hydrogen) atoms. The van der Waals surface area contributed by atoms with Crippen LogP contribution in [0.5, 0.6) is 5.75 Å². The highest BCUT2D eigenvalue weighted by Gasteiger charge is 2.17. The van der Waals surface area contributed by atoms with Crippen molar-refractivity contribution >= 4 is 0 Å². The van der Waals surface area contributed by atoms with Gasteiger partial charge in [-0.15, -0.1) is 0 Å². The molecule has 0 spiro atoms. The van der Waals surface area contributed by atoms with Crippen molar-refractivity contribution in [2.45, 2.75) is 64.8 Å². The highest BCUT2D eigenvalue weighted by atomic mass is 16.7. The predicted molar refractivity (Wildman–Crippen MR) is 73.9 cm³/mol. The lowest BCUT2D eigenvalue weighted by Crippen LogP contribution is -2.26. The fourth-order valence-corrected chi connectivity index (χ4v) is 2.50. The van der Waals surface area contributed by atoms with Crippen LogP contribution in [0.1, 0.15) is 51.5 Å². The van der Waals surface area contributed by atoms with Crippen molar-refractivity contribution in [2.75, 3.05) is 0 Å². The van der Waals surface area contributed by atoms with E-state index in [4.69, 9.17) is 9.47 Å². The van der Waals surface area contributed by atoms with Crippen LogP contribution in [-0.2, 0) is 11.2 Å². The van der Waals surface area contributed by atoms with E-state index in [1.807, 2.05) is 19.1 Å². The molecule has 0 aromatic heterocycles. The first-order chi connectivity index (χ1) is 8.78. The minimum Gasteiger partial charge on any atom is -0.465 e. The average Bonchev–Trinajstić information content (AvgIpc) is 2.40. The lowest BCUT2D eigenvalue weighted by molar-refractivity contribution is -0.116. The highest BCUT2D eigenvalue weighted by Crippen LogP contribution is 2.22. The monoisotopic (exact) mass is 248 g/mol. The molecule has 0 saturated heterocycles. The molecule has 1 aromatic rings. The molecule has 2 rings (SSSR count). The van der Waals surface area contributed by atoms with Gasteiger partial charge >= 0.3 is 0 Å². The Balaban J connectivity index is 1.80. The molecule has 0 N–H and O–H groups in total. The summed E-state index contributed by atoms with van der Waals surface area (Å²) in [5, 5.41) is 0. The molecule has 2 heteroatoms. The minimum absolute atomic E-state index is 0.152. The van der Waals surface area contributed by atoms with Crippen LogP contribution in [0.4, 0.5) is 0 Å². The van der Waals surface area contributed by atoms with Gasteiger partial charge in [0.1, 0.15) is 5.75 Å². The maximum absolute atomic E-state index is 5.93. The second kappa shape index (κ2) is 6.79. The molecule has 0 bridgehead atoms. The van der Waals surface area contributed by atoms with E-state index >= 15 is 0 Å². The van der Waals surface area contributed by atoms with Crippen molar-refractivity contribution in [1.82, 2.24) is 0 Å². The average molecular weight is 248 g/mol. The van der Waals surface area contributed by atoms with Crippen molar-refractivity contribution in [1.29, 1.82) is 0 Å². The molecule has 1 aromatic carbocycles. The zero-order chi connectivity index (χ0) is 12.8. The molecular weight excluding hydrogens is 224 g/mol. The number of ether oxygens (including phenoxy) is 2. The molecule has 0 amide bonds. The van der Waals surface area contributed by atoms with Crippen molar-refractivity contribution in [3.63, 3.8) is 0 Å². The summed E-state index contributed by atoms with van der Waals surface area (Å²) in [7, 11) is 0. The molecule has 1 unspecified atom stereocenters. The van der Waals surface area contributed by atoms with E-state index in [9.17, 15) is 0 Å². The lowest BCUT2D eigenvalue weighted by Gasteiger charge is -2.26. The van der Waals surface area contributed by atoms with Crippen LogP contribution in [0.25, 0.3) is 0 Å². The van der Waals surface area contributed by atoms with Gasteiger partial charge in [0.15, 0.2) is 6.29 Å². The van der Waals surface area contributed by atoms with Crippen LogP contribution in [0.3, 0.4) is 0 Å². The number of hydrogen-bond donors (Lipinski definition) is 0. The number of benzene rings is 1. The summed E-state index contributed by atoms with van der Waals surface area (Å²) in [5.41, 5.74) is 1.34. The van der Waals surface area contributed by atoms with Crippen LogP contribution in [0.15, 0.2) is 24.3 Å². The Hall–Kier alpha value is -1.02. The molecular formula is C16H24O2. The minimum atomic E-state index is -0.152. The van der Waals surface area contributed by atoms with Gasteiger partial charge in [0, 0.05) is 0 Å². The van der Waals surface area contributed by atoms with Crippen molar-refractivity contribution in [2.24, 2.45) is 0 Å². The van der Waals surface area contributed by atoms with Crippen molar-refractivity contribution in [3.05, 3.63) is 29.8 Å². The van der Waals surface area contributed by atoms with E-state index in [-0.39, 0.29) is 6.29 Å². The summed E-state index contributed by atoms with van der Waals surface area (Å²) in [4.78, 5) is 0. The molecule has 1 fully saturated rings. The highest BCUT2D eigenvalue weighted by molar-refractivity contribution is 5.27. The van der Waals surface area contributed by atoms with Gasteiger partial charge in [-0.05, 0) is 43.9 Å². The quantitative estimate of drug-likeness (QED) is 0.722. The fraction of sp³-hybridized carbons (Fsp3) is 0.625. The van der Waals surface area contributed by atoms with Crippen molar-refractivity contribution < 1.29 is 9.47 Å². The molecule has 1 aliphatic carbocycles. The zero-order valence-corrected chi connectivity index (χ0v) is 11.5. The van der Waals surface area contributed by atoms with E-state index in [0.717, 1.165) is 12.2 Å². The maximum Gasteiger partial charge on any atom is 0.197 e. The lowest BCUT2D eigenvalue weighted by atomic mass is 9.98. The van der Waals surface area contributed by atoms with Crippen LogP contribution in [0.2, 0.25) is 0 Å². The Morgan fingerprint density at radius 1 is 1.11 bits per heavy atom. The van der Waals surface area contributed by atoms with E-state index in [0.29, 0.717) is 6.10 Å². The third-order valence-electron chi connectivity index (χ3n) is 3.57. The van der Waals surface area contributed by atoms with Gasteiger partial charge in [-0.25, -0.2) is 0 Å². The van der Waals surface area contributed by atoms with E-state index in [1.165, 1.54) is 37.7 Å². The Labute approximate surface area is 110 Å². The van der Waals surface area contributed by atoms with Gasteiger partial charge in [0.2, 0.25) is 0 Å². The predicted octanol–water partition coefficient (Wildman–Crippen LogP) is 4.32. The third-order valence-corrected chi connectivity index (χ3v) is 3.57. The van der Waals surface area contributed by atoms with Gasteiger partial charge in [0.05, 0.1) is 6.10 Å². The summed E-state index contributed by atoms with van der Waals surface area (Å²) >= 11 is 0. The van der Waals surface area contributed by atoms with E-state index in [2.05, 4.69) is 19.1 Å². The molecule has 0 radical (unpaired) electrons. The van der Waals surface area contributed by atoms with E-state index < -0.39 is 0 Å². The second-order valence-corrected chi connectivity index (χ2v) is 5.08. The summed E-state index contributed by atoms with van der Waals surface area (Å²) in [6.45, 7) is 4.15.